The molecular formula is C18H27FN2O. The average Bonchev–Trinajstić information content (AvgIpc) is 2.54. The fraction of sp³-hybridized carbons (Fsp3) is 0.611. The van der Waals surface area contributed by atoms with E-state index in [1.807, 2.05) is 6.07 Å². The van der Waals surface area contributed by atoms with Gasteiger partial charge in [-0.25, -0.2) is 4.39 Å². The minimum atomic E-state index is -0.157. The Balaban J connectivity index is 1.51. The Kier molecular flexibility index (Phi) is 7.37. The van der Waals surface area contributed by atoms with E-state index in [0.717, 1.165) is 24.9 Å². The van der Waals surface area contributed by atoms with E-state index >= 15 is 0 Å². The molecule has 0 aliphatic carbocycles. The molecule has 0 aromatic heterocycles. The summed E-state index contributed by atoms with van der Waals surface area (Å²) in [6.45, 7) is 4.02. The highest BCUT2D eigenvalue weighted by molar-refractivity contribution is 5.75. The van der Waals surface area contributed by atoms with Gasteiger partial charge in [0.1, 0.15) is 5.82 Å². The van der Waals surface area contributed by atoms with Gasteiger partial charge in [0.2, 0.25) is 5.91 Å². The van der Waals surface area contributed by atoms with E-state index in [2.05, 4.69) is 10.2 Å². The third-order valence-corrected chi connectivity index (χ3v) is 4.23. The smallest absolute Gasteiger partial charge is 0.220 e. The van der Waals surface area contributed by atoms with Crippen molar-refractivity contribution in [1.29, 1.82) is 0 Å². The number of likely N-dealkylation sites (tertiary alicyclic amines) is 1. The molecule has 1 amide bonds. The van der Waals surface area contributed by atoms with Crippen molar-refractivity contribution in [2.24, 2.45) is 0 Å². The summed E-state index contributed by atoms with van der Waals surface area (Å²) in [6.07, 6.45) is 6.90. The van der Waals surface area contributed by atoms with Crippen LogP contribution in [0, 0.1) is 5.82 Å². The van der Waals surface area contributed by atoms with E-state index < -0.39 is 0 Å². The largest absolute Gasteiger partial charge is 0.356 e. The molecule has 0 spiro atoms. The van der Waals surface area contributed by atoms with Crippen LogP contribution in [-0.2, 0) is 11.2 Å². The third-order valence-electron chi connectivity index (χ3n) is 4.23. The Bertz CT molecular complexity index is 458. The van der Waals surface area contributed by atoms with Gasteiger partial charge < -0.3 is 10.2 Å². The van der Waals surface area contributed by atoms with Gasteiger partial charge in [-0.05, 0) is 63.4 Å². The fourth-order valence-electron chi connectivity index (χ4n) is 2.94. The van der Waals surface area contributed by atoms with E-state index in [1.54, 1.807) is 12.1 Å². The van der Waals surface area contributed by atoms with E-state index in [1.165, 1.54) is 38.4 Å². The molecule has 1 N–H and O–H groups in total. The Labute approximate surface area is 132 Å². The van der Waals surface area contributed by atoms with E-state index in [9.17, 15) is 9.18 Å². The molecule has 2 rings (SSSR count). The summed E-state index contributed by atoms with van der Waals surface area (Å²) in [5.74, 6) is -0.0408. The molecule has 1 aromatic carbocycles. The molecular weight excluding hydrogens is 279 g/mol. The van der Waals surface area contributed by atoms with Crippen LogP contribution in [0.3, 0.4) is 0 Å². The van der Waals surface area contributed by atoms with Crippen molar-refractivity contribution in [2.75, 3.05) is 26.2 Å². The van der Waals surface area contributed by atoms with Crippen molar-refractivity contribution in [3.05, 3.63) is 35.6 Å². The van der Waals surface area contributed by atoms with Crippen molar-refractivity contribution < 1.29 is 9.18 Å². The van der Waals surface area contributed by atoms with Crippen LogP contribution in [0.5, 0.6) is 0 Å². The molecule has 3 nitrogen and oxygen atoms in total. The Morgan fingerprint density at radius 3 is 2.68 bits per heavy atom. The maximum atomic E-state index is 13.4. The normalized spacial score (nSPS) is 15.7. The number of nitrogens with zero attached hydrogens (tertiary/aromatic N) is 1. The van der Waals surface area contributed by atoms with Crippen molar-refractivity contribution in [3.63, 3.8) is 0 Å². The van der Waals surface area contributed by atoms with Gasteiger partial charge >= 0.3 is 0 Å². The predicted molar refractivity (Wildman–Crippen MR) is 87.3 cm³/mol. The number of halogens is 1. The minimum Gasteiger partial charge on any atom is -0.356 e. The molecule has 1 fully saturated rings. The monoisotopic (exact) mass is 306 g/mol. The molecule has 0 saturated carbocycles. The fourth-order valence-corrected chi connectivity index (χ4v) is 2.94. The molecule has 1 aliphatic rings. The van der Waals surface area contributed by atoms with Gasteiger partial charge in [-0.3, -0.25) is 4.79 Å². The lowest BCUT2D eigenvalue weighted by Gasteiger charge is -2.26. The minimum absolute atomic E-state index is 0.116. The van der Waals surface area contributed by atoms with Crippen molar-refractivity contribution in [2.45, 2.75) is 44.9 Å². The number of rotatable bonds is 8. The lowest BCUT2D eigenvalue weighted by molar-refractivity contribution is -0.121. The van der Waals surface area contributed by atoms with Crippen LogP contribution in [0.1, 0.15) is 44.1 Å². The topological polar surface area (TPSA) is 32.3 Å². The van der Waals surface area contributed by atoms with Crippen molar-refractivity contribution in [3.8, 4) is 0 Å². The molecule has 1 heterocycles. The summed E-state index contributed by atoms with van der Waals surface area (Å²) < 4.78 is 13.4. The lowest BCUT2D eigenvalue weighted by Crippen LogP contribution is -2.32. The molecule has 0 unspecified atom stereocenters. The molecule has 0 bridgehead atoms. The molecule has 1 aromatic rings. The lowest BCUT2D eigenvalue weighted by atomic mass is 10.1. The van der Waals surface area contributed by atoms with Gasteiger partial charge in [-0.15, -0.1) is 0 Å². The molecule has 122 valence electrons. The quantitative estimate of drug-likeness (QED) is 0.748. The number of hydrogen-bond donors (Lipinski definition) is 1. The van der Waals surface area contributed by atoms with E-state index in [-0.39, 0.29) is 11.7 Å². The first-order valence-corrected chi connectivity index (χ1v) is 8.48. The van der Waals surface area contributed by atoms with Gasteiger partial charge in [-0.2, -0.15) is 0 Å². The molecule has 22 heavy (non-hydrogen) atoms. The summed E-state index contributed by atoms with van der Waals surface area (Å²) in [7, 11) is 0. The molecule has 0 radical (unpaired) electrons. The van der Waals surface area contributed by atoms with Gasteiger partial charge in [0.25, 0.3) is 0 Å². The standard InChI is InChI=1S/C18H27FN2O/c19-17-10-3-2-8-16(17)9-6-12-20-18(22)11-7-15-21-13-4-1-5-14-21/h2-3,8,10H,1,4-7,9,11-15H2,(H,20,22). The summed E-state index contributed by atoms with van der Waals surface area (Å²) in [6, 6.07) is 6.82. The first-order valence-electron chi connectivity index (χ1n) is 8.48. The number of benzene rings is 1. The first-order chi connectivity index (χ1) is 10.8. The highest BCUT2D eigenvalue weighted by atomic mass is 19.1. The average molecular weight is 306 g/mol. The Morgan fingerprint density at radius 2 is 1.91 bits per heavy atom. The van der Waals surface area contributed by atoms with Crippen LogP contribution in [-0.4, -0.2) is 37.0 Å². The summed E-state index contributed by atoms with van der Waals surface area (Å²) in [4.78, 5) is 14.2. The Hall–Kier alpha value is -1.42. The number of amides is 1. The van der Waals surface area contributed by atoms with Crippen LogP contribution in [0.15, 0.2) is 24.3 Å². The van der Waals surface area contributed by atoms with Crippen LogP contribution < -0.4 is 5.32 Å². The number of nitrogens with one attached hydrogen (secondary N) is 1. The SMILES string of the molecule is O=C(CCCN1CCCCC1)NCCCc1ccccc1F. The summed E-state index contributed by atoms with van der Waals surface area (Å²) >= 11 is 0. The van der Waals surface area contributed by atoms with E-state index in [0.29, 0.717) is 19.4 Å². The van der Waals surface area contributed by atoms with Gasteiger partial charge in [-0.1, -0.05) is 24.6 Å². The summed E-state index contributed by atoms with van der Waals surface area (Å²) in [5, 5.41) is 2.93. The number of piperidine rings is 1. The van der Waals surface area contributed by atoms with Gasteiger partial charge in [0.05, 0.1) is 0 Å². The Morgan fingerprint density at radius 1 is 1.14 bits per heavy atom. The molecule has 4 heteroatoms. The molecule has 1 saturated heterocycles. The third kappa shape index (κ3) is 6.14. The van der Waals surface area contributed by atoms with Crippen molar-refractivity contribution >= 4 is 5.91 Å². The number of hydrogen-bond acceptors (Lipinski definition) is 2. The van der Waals surface area contributed by atoms with Crippen LogP contribution in [0.4, 0.5) is 4.39 Å². The number of carbonyl (C=O) groups excluding carboxylic acids is 1. The zero-order valence-electron chi connectivity index (χ0n) is 13.3. The summed E-state index contributed by atoms with van der Waals surface area (Å²) in [5.41, 5.74) is 0.724. The maximum absolute atomic E-state index is 13.4. The first kappa shape index (κ1) is 16.9. The molecule has 1 aliphatic heterocycles. The van der Waals surface area contributed by atoms with Crippen LogP contribution in [0.2, 0.25) is 0 Å². The number of carbonyl (C=O) groups is 1. The van der Waals surface area contributed by atoms with Gasteiger partial charge in [0.15, 0.2) is 0 Å². The second-order valence-corrected chi connectivity index (χ2v) is 6.05. The van der Waals surface area contributed by atoms with Gasteiger partial charge in [0, 0.05) is 13.0 Å². The zero-order valence-corrected chi connectivity index (χ0v) is 13.3. The maximum Gasteiger partial charge on any atom is 0.220 e. The molecule has 0 atom stereocenters. The van der Waals surface area contributed by atoms with E-state index in [4.69, 9.17) is 0 Å². The van der Waals surface area contributed by atoms with Crippen LogP contribution in [0.25, 0.3) is 0 Å². The van der Waals surface area contributed by atoms with Crippen molar-refractivity contribution in [1.82, 2.24) is 10.2 Å². The number of aryl methyl sites for hydroxylation is 1. The zero-order chi connectivity index (χ0) is 15.6. The van der Waals surface area contributed by atoms with Crippen LogP contribution >= 0.6 is 0 Å². The highest BCUT2D eigenvalue weighted by Gasteiger charge is 2.10. The second-order valence-electron chi connectivity index (χ2n) is 6.05. The highest BCUT2D eigenvalue weighted by Crippen LogP contribution is 2.10. The predicted octanol–water partition coefficient (Wildman–Crippen LogP) is 3.14. The second kappa shape index (κ2) is 9.57.